The molecule has 2 aliphatic heterocycles. The van der Waals surface area contributed by atoms with Crippen molar-refractivity contribution < 1.29 is 14.4 Å². The van der Waals surface area contributed by atoms with Crippen molar-refractivity contribution in [3.63, 3.8) is 0 Å². The van der Waals surface area contributed by atoms with Gasteiger partial charge in [0.1, 0.15) is 0 Å². The van der Waals surface area contributed by atoms with E-state index in [1.807, 2.05) is 11.0 Å². The lowest BCUT2D eigenvalue weighted by Gasteiger charge is -2.36. The van der Waals surface area contributed by atoms with E-state index in [2.05, 4.69) is 26.1 Å². The summed E-state index contributed by atoms with van der Waals surface area (Å²) in [6, 6.07) is 3.49. The monoisotopic (exact) mass is 351 g/mol. The van der Waals surface area contributed by atoms with Crippen LogP contribution in [0.15, 0.2) is 16.6 Å². The van der Waals surface area contributed by atoms with E-state index in [-0.39, 0.29) is 5.91 Å². The summed E-state index contributed by atoms with van der Waals surface area (Å²) in [6.07, 6.45) is 0. The Labute approximate surface area is 130 Å². The van der Waals surface area contributed by atoms with Crippen molar-refractivity contribution in [2.45, 2.75) is 6.92 Å². The van der Waals surface area contributed by atoms with Gasteiger partial charge in [0.15, 0.2) is 0 Å². The number of amides is 2. The third-order valence-corrected chi connectivity index (χ3v) is 4.49. The number of hydrogen-bond donors (Lipinski definition) is 1. The van der Waals surface area contributed by atoms with Crippen molar-refractivity contribution in [3.05, 3.63) is 22.2 Å². The molecule has 110 valence electrons. The lowest BCUT2D eigenvalue weighted by atomic mass is 10.1. The molecule has 1 aromatic carbocycles. The number of rotatable bonds is 1. The van der Waals surface area contributed by atoms with E-state index in [4.69, 9.17) is 0 Å². The van der Waals surface area contributed by atoms with Gasteiger partial charge in [0.2, 0.25) is 5.91 Å². The number of fused-ring (bicyclic) bond motifs is 1. The summed E-state index contributed by atoms with van der Waals surface area (Å²) in [5, 5.41) is 2.58. The van der Waals surface area contributed by atoms with Crippen LogP contribution in [-0.4, -0.2) is 48.7 Å². The molecule has 21 heavy (non-hydrogen) atoms. The van der Waals surface area contributed by atoms with Crippen LogP contribution in [0.3, 0.4) is 0 Å². The van der Waals surface area contributed by atoms with Gasteiger partial charge in [-0.1, -0.05) is 0 Å². The molecule has 2 aliphatic rings. The molecule has 1 fully saturated rings. The summed E-state index contributed by atoms with van der Waals surface area (Å²) in [5.74, 6) is -1.00. The molecule has 1 aromatic rings. The van der Waals surface area contributed by atoms with Gasteiger partial charge in [0.05, 0.1) is 16.9 Å². The molecule has 0 saturated carbocycles. The highest BCUT2D eigenvalue weighted by molar-refractivity contribution is 9.10. The van der Waals surface area contributed by atoms with E-state index in [1.54, 1.807) is 13.0 Å². The fourth-order valence-corrected chi connectivity index (χ4v) is 3.25. The van der Waals surface area contributed by atoms with Crippen LogP contribution < -0.4 is 10.2 Å². The van der Waals surface area contributed by atoms with Crippen LogP contribution in [0, 0.1) is 0 Å². The predicted octanol–water partition coefficient (Wildman–Crippen LogP) is 1.25. The van der Waals surface area contributed by atoms with Crippen molar-refractivity contribution >= 4 is 44.9 Å². The Hall–Kier alpha value is -1.89. The van der Waals surface area contributed by atoms with Crippen LogP contribution in [-0.2, 0) is 9.59 Å². The SMILES string of the molecule is CC(=O)N1CCN(c2cc3c(cc2Br)C(=O)C(=O)N3)CC1. The summed E-state index contributed by atoms with van der Waals surface area (Å²) in [7, 11) is 0. The zero-order valence-electron chi connectivity index (χ0n) is 11.5. The van der Waals surface area contributed by atoms with Gasteiger partial charge in [0, 0.05) is 37.6 Å². The van der Waals surface area contributed by atoms with Crippen molar-refractivity contribution in [2.75, 3.05) is 36.4 Å². The van der Waals surface area contributed by atoms with Crippen LogP contribution in [0.4, 0.5) is 11.4 Å². The number of halogens is 1. The number of nitrogens with one attached hydrogen (secondary N) is 1. The molecule has 6 nitrogen and oxygen atoms in total. The maximum atomic E-state index is 11.7. The summed E-state index contributed by atoms with van der Waals surface area (Å²) in [4.78, 5) is 38.4. The first-order valence-corrected chi connectivity index (χ1v) is 7.46. The number of carbonyl (C=O) groups is 3. The van der Waals surface area contributed by atoms with E-state index in [0.29, 0.717) is 24.3 Å². The average Bonchev–Trinajstić information content (AvgIpc) is 2.73. The lowest BCUT2D eigenvalue weighted by molar-refractivity contribution is -0.129. The van der Waals surface area contributed by atoms with Crippen LogP contribution in [0.1, 0.15) is 17.3 Å². The third kappa shape index (κ3) is 2.42. The number of anilines is 2. The first-order chi connectivity index (χ1) is 9.97. The fraction of sp³-hybridized carbons (Fsp3) is 0.357. The van der Waals surface area contributed by atoms with Crippen molar-refractivity contribution in [3.8, 4) is 0 Å². The second-order valence-electron chi connectivity index (χ2n) is 5.13. The van der Waals surface area contributed by atoms with Crippen molar-refractivity contribution in [2.24, 2.45) is 0 Å². The van der Waals surface area contributed by atoms with E-state index in [0.717, 1.165) is 23.2 Å². The number of hydrogen-bond acceptors (Lipinski definition) is 4. The fourth-order valence-electron chi connectivity index (χ4n) is 2.66. The minimum Gasteiger partial charge on any atom is -0.367 e. The molecular formula is C14H14BrN3O3. The summed E-state index contributed by atoms with van der Waals surface area (Å²) >= 11 is 3.46. The number of Topliss-reactive ketones (excluding diaryl/α,β-unsaturated/α-hetero) is 1. The molecular weight excluding hydrogens is 338 g/mol. The molecule has 0 aromatic heterocycles. The second-order valence-corrected chi connectivity index (χ2v) is 5.98. The third-order valence-electron chi connectivity index (χ3n) is 3.85. The Morgan fingerprint density at radius 3 is 2.48 bits per heavy atom. The molecule has 0 bridgehead atoms. The molecule has 7 heteroatoms. The maximum Gasteiger partial charge on any atom is 0.296 e. The minimum atomic E-state index is -0.588. The Morgan fingerprint density at radius 1 is 1.19 bits per heavy atom. The highest BCUT2D eigenvalue weighted by Crippen LogP contribution is 2.35. The molecule has 0 radical (unpaired) electrons. The average molecular weight is 352 g/mol. The number of piperazine rings is 1. The second kappa shape index (κ2) is 5.14. The van der Waals surface area contributed by atoms with Crippen LogP contribution in [0.2, 0.25) is 0 Å². The highest BCUT2D eigenvalue weighted by atomic mass is 79.9. The van der Waals surface area contributed by atoms with Crippen LogP contribution in [0.25, 0.3) is 0 Å². The quantitative estimate of drug-likeness (QED) is 0.773. The molecule has 0 spiro atoms. The van der Waals surface area contributed by atoms with E-state index in [9.17, 15) is 14.4 Å². The number of nitrogens with zero attached hydrogens (tertiary/aromatic N) is 2. The van der Waals surface area contributed by atoms with Crippen LogP contribution in [0.5, 0.6) is 0 Å². The molecule has 2 amide bonds. The van der Waals surface area contributed by atoms with Gasteiger partial charge < -0.3 is 15.1 Å². The van der Waals surface area contributed by atoms with Gasteiger partial charge in [-0.15, -0.1) is 0 Å². The summed E-state index contributed by atoms with van der Waals surface area (Å²) in [5.41, 5.74) is 1.88. The van der Waals surface area contributed by atoms with Gasteiger partial charge in [-0.3, -0.25) is 14.4 Å². The Kier molecular flexibility index (Phi) is 3.44. The first kappa shape index (κ1) is 14.1. The molecule has 0 aliphatic carbocycles. The molecule has 3 rings (SSSR count). The Morgan fingerprint density at radius 2 is 1.86 bits per heavy atom. The van der Waals surface area contributed by atoms with Gasteiger partial charge in [-0.25, -0.2) is 0 Å². The van der Waals surface area contributed by atoms with Gasteiger partial charge >= 0.3 is 0 Å². The topological polar surface area (TPSA) is 69.7 Å². The molecule has 1 saturated heterocycles. The molecule has 2 heterocycles. The number of carbonyl (C=O) groups excluding carboxylic acids is 3. The number of benzene rings is 1. The molecule has 0 atom stereocenters. The lowest BCUT2D eigenvalue weighted by Crippen LogP contribution is -2.48. The van der Waals surface area contributed by atoms with E-state index < -0.39 is 11.7 Å². The summed E-state index contributed by atoms with van der Waals surface area (Å²) in [6.45, 7) is 4.36. The maximum absolute atomic E-state index is 11.7. The Balaban J connectivity index is 1.85. The Bertz CT molecular complexity index is 651. The standard InChI is InChI=1S/C14H14BrN3O3/c1-8(19)17-2-4-18(5-3-17)12-7-11-9(6-10(12)15)13(20)14(21)16-11/h6-7H,2-5H2,1H3,(H,16,20,21). The van der Waals surface area contributed by atoms with Gasteiger partial charge in [-0.05, 0) is 28.1 Å². The molecule has 0 unspecified atom stereocenters. The molecule has 1 N–H and O–H groups in total. The smallest absolute Gasteiger partial charge is 0.296 e. The highest BCUT2D eigenvalue weighted by Gasteiger charge is 2.30. The van der Waals surface area contributed by atoms with Crippen molar-refractivity contribution in [1.82, 2.24) is 4.90 Å². The van der Waals surface area contributed by atoms with Gasteiger partial charge in [0.25, 0.3) is 11.7 Å². The first-order valence-electron chi connectivity index (χ1n) is 6.67. The van der Waals surface area contributed by atoms with Gasteiger partial charge in [-0.2, -0.15) is 0 Å². The van der Waals surface area contributed by atoms with E-state index >= 15 is 0 Å². The van der Waals surface area contributed by atoms with E-state index in [1.165, 1.54) is 0 Å². The minimum absolute atomic E-state index is 0.0838. The summed E-state index contributed by atoms with van der Waals surface area (Å²) < 4.78 is 0.780. The van der Waals surface area contributed by atoms with Crippen LogP contribution >= 0.6 is 15.9 Å². The predicted molar refractivity (Wildman–Crippen MR) is 81.6 cm³/mol. The zero-order valence-corrected chi connectivity index (χ0v) is 13.1. The zero-order chi connectivity index (χ0) is 15.1. The number of ketones is 1. The largest absolute Gasteiger partial charge is 0.367 e. The van der Waals surface area contributed by atoms with Crippen molar-refractivity contribution in [1.29, 1.82) is 0 Å². The normalized spacial score (nSPS) is 17.8.